The molecule has 1 aliphatic heterocycles. The molecule has 6 atom stereocenters. The fourth-order valence-electron chi connectivity index (χ4n) is 3.46. The topological polar surface area (TPSA) is 176 Å². The van der Waals surface area contributed by atoms with Crippen LogP contribution < -0.4 is 16.1 Å². The fraction of sp³-hybridized carbons (Fsp3) is 0.684. The Kier molecular flexibility index (Phi) is 8.78. The number of nitrogens with two attached hydrogens (primary N) is 1. The van der Waals surface area contributed by atoms with Crippen LogP contribution in [0.15, 0.2) is 6.33 Å². The Balaban J connectivity index is 1.76. The molecule has 194 valence electrons. The summed E-state index contributed by atoms with van der Waals surface area (Å²) in [7, 11) is -2.60. The van der Waals surface area contributed by atoms with E-state index in [1.165, 1.54) is 17.8 Å². The van der Waals surface area contributed by atoms with Crippen molar-refractivity contribution in [1.82, 2.24) is 24.6 Å². The molecule has 3 heterocycles. The lowest BCUT2D eigenvalue weighted by atomic mass is 9.99. The van der Waals surface area contributed by atoms with Gasteiger partial charge in [0.25, 0.3) is 0 Å². The molecule has 0 radical (unpaired) electrons. The van der Waals surface area contributed by atoms with Gasteiger partial charge in [0, 0.05) is 6.54 Å². The van der Waals surface area contributed by atoms with E-state index in [1.807, 2.05) is 6.92 Å². The monoisotopic (exact) mass is 536 g/mol. The highest BCUT2D eigenvalue weighted by Gasteiger charge is 2.57. The summed E-state index contributed by atoms with van der Waals surface area (Å²) in [6, 6.07) is -0.933. The van der Waals surface area contributed by atoms with Crippen molar-refractivity contribution in [3.8, 4) is 0 Å². The van der Waals surface area contributed by atoms with E-state index in [0.717, 1.165) is 0 Å². The summed E-state index contributed by atoms with van der Waals surface area (Å²) in [5, 5.41) is 16.1. The van der Waals surface area contributed by atoms with Gasteiger partial charge in [0.05, 0.1) is 18.3 Å². The number of nitrogens with one attached hydrogen (secondary N) is 2. The molecule has 35 heavy (non-hydrogen) atoms. The van der Waals surface area contributed by atoms with Crippen LogP contribution in [0.2, 0.25) is 0 Å². The van der Waals surface area contributed by atoms with Crippen LogP contribution in [0.5, 0.6) is 0 Å². The molecule has 1 unspecified atom stereocenters. The van der Waals surface area contributed by atoms with E-state index >= 15 is 4.39 Å². The van der Waals surface area contributed by atoms with Crippen LogP contribution in [-0.4, -0.2) is 79.6 Å². The first-order valence-corrected chi connectivity index (χ1v) is 12.6. The minimum Gasteiger partial charge on any atom is -0.462 e. The smallest absolute Gasteiger partial charge is 0.462 e. The normalized spacial score (nSPS) is 25.7. The number of nitrogens with zero attached hydrogens (tertiary/aromatic N) is 4. The molecule has 0 saturated carbocycles. The lowest BCUT2D eigenvalue weighted by molar-refractivity contribution is -0.149. The van der Waals surface area contributed by atoms with E-state index in [-0.39, 0.29) is 23.6 Å². The number of anilines is 2. The molecule has 0 aromatic carbocycles. The zero-order chi connectivity index (χ0) is 25.9. The Bertz CT molecular complexity index is 1080. The first kappa shape index (κ1) is 27.4. The second-order valence-electron chi connectivity index (χ2n) is 8.25. The molecule has 5 N–H and O–H groups in total. The molecule has 0 aliphatic carbocycles. The number of ether oxygens (including phenoxy) is 2. The summed E-state index contributed by atoms with van der Waals surface area (Å²) >= 11 is 6.06. The van der Waals surface area contributed by atoms with Gasteiger partial charge in [0.2, 0.25) is 5.95 Å². The number of carbonyl (C=O) groups is 1. The lowest BCUT2D eigenvalue weighted by Gasteiger charge is -2.26. The minimum atomic E-state index is -2.60. The van der Waals surface area contributed by atoms with Crippen LogP contribution >= 0.6 is 19.8 Å². The van der Waals surface area contributed by atoms with Gasteiger partial charge in [0.1, 0.15) is 24.4 Å². The van der Waals surface area contributed by atoms with E-state index in [1.54, 1.807) is 13.8 Å². The maximum Gasteiger partial charge on any atom is 0.613 e. The van der Waals surface area contributed by atoms with Crippen LogP contribution in [0.3, 0.4) is 0 Å². The molecule has 2 aromatic heterocycles. The maximum atomic E-state index is 15.3. The van der Waals surface area contributed by atoms with Crippen LogP contribution in [-0.2, 0) is 23.4 Å². The third-order valence-electron chi connectivity index (χ3n) is 5.18. The zero-order valence-corrected chi connectivity index (χ0v) is 21.3. The van der Waals surface area contributed by atoms with Crippen molar-refractivity contribution in [2.24, 2.45) is 0 Å². The Morgan fingerprint density at radius 3 is 2.80 bits per heavy atom. The third-order valence-corrected chi connectivity index (χ3v) is 6.60. The molecule has 2 aromatic rings. The predicted octanol–water partition coefficient (Wildman–Crippen LogP) is 1.65. The molecular weight excluding hydrogens is 508 g/mol. The molecular formula is C19H29ClFN7O6P+. The number of hydrogen-bond donors (Lipinski definition) is 4. The van der Waals surface area contributed by atoms with Crippen LogP contribution in [0.1, 0.15) is 33.9 Å². The molecule has 13 nitrogen and oxygen atoms in total. The predicted molar refractivity (Wildman–Crippen MR) is 126 cm³/mol. The number of carbonyl (C=O) groups excluding carboxylic acids is 1. The Labute approximate surface area is 206 Å². The van der Waals surface area contributed by atoms with Crippen LogP contribution in [0.4, 0.5) is 16.2 Å². The Morgan fingerprint density at radius 2 is 2.17 bits per heavy atom. The van der Waals surface area contributed by atoms with Gasteiger partial charge in [-0.25, -0.2) is 9.37 Å². The van der Waals surface area contributed by atoms with Crippen molar-refractivity contribution in [3.05, 3.63) is 6.33 Å². The largest absolute Gasteiger partial charge is 0.613 e. The first-order chi connectivity index (χ1) is 16.5. The fourth-order valence-corrected chi connectivity index (χ4v) is 4.59. The number of aliphatic hydroxyl groups is 1. The van der Waals surface area contributed by atoms with Gasteiger partial charge < -0.3 is 25.6 Å². The van der Waals surface area contributed by atoms with E-state index in [0.29, 0.717) is 17.9 Å². The highest BCUT2D eigenvalue weighted by molar-refractivity contribution is 7.36. The highest BCUT2D eigenvalue weighted by atomic mass is 35.5. The quantitative estimate of drug-likeness (QED) is 0.186. The van der Waals surface area contributed by atoms with Crippen molar-refractivity contribution in [1.29, 1.82) is 0 Å². The van der Waals surface area contributed by atoms with E-state index in [4.69, 9.17) is 31.3 Å². The summed E-state index contributed by atoms with van der Waals surface area (Å²) in [4.78, 5) is 24.4. The number of fused-ring (bicyclic) bond motifs is 1. The number of imidazole rings is 1. The SMILES string of the molecule is CCNc1nc(N)nc2c1ncn2[C@@H]1O[C@](CCl)(CO[P+](=O)N[C@@H](C)C(=O)OC(C)C)[C@@H](O)[C@H]1F. The molecule has 0 amide bonds. The minimum absolute atomic E-state index is 0.0655. The standard InChI is InChI=1S/C19H29ClFN7O6P/c1-5-23-14-12-15(26-18(22)25-14)28(8-24-12)16-11(21)13(29)19(6-20,34-16)7-32-35(31)27-10(4)17(30)33-9(2)3/h8-11,13,16,29H,5-7H2,1-4H3,(H,27,31)(H3,22,23,25,26)/q+1/t10-,11+,13-,16+,19+/m0/s1. The first-order valence-electron chi connectivity index (χ1n) is 10.9. The average molecular weight is 537 g/mol. The number of esters is 1. The number of nitrogen functional groups attached to an aromatic ring is 1. The number of aliphatic hydroxyl groups excluding tert-OH is 1. The van der Waals surface area contributed by atoms with Gasteiger partial charge >= 0.3 is 14.1 Å². The van der Waals surface area contributed by atoms with Gasteiger partial charge in [-0.15, -0.1) is 16.1 Å². The second kappa shape index (κ2) is 11.2. The maximum absolute atomic E-state index is 15.3. The molecule has 0 spiro atoms. The molecule has 1 aliphatic rings. The van der Waals surface area contributed by atoms with E-state index < -0.39 is 50.9 Å². The van der Waals surface area contributed by atoms with Gasteiger partial charge in [-0.2, -0.15) is 9.97 Å². The van der Waals surface area contributed by atoms with Crippen LogP contribution in [0.25, 0.3) is 11.2 Å². The summed E-state index contributed by atoms with van der Waals surface area (Å²) in [6.45, 7) is 6.67. The molecule has 16 heteroatoms. The van der Waals surface area contributed by atoms with Gasteiger partial charge in [0.15, 0.2) is 29.4 Å². The molecule has 3 rings (SSSR count). The lowest BCUT2D eigenvalue weighted by Crippen LogP contribution is -2.47. The van der Waals surface area contributed by atoms with E-state index in [2.05, 4.69) is 25.4 Å². The number of hydrogen-bond acceptors (Lipinski definition) is 11. The number of rotatable bonds is 11. The van der Waals surface area contributed by atoms with Gasteiger partial charge in [-0.05, 0) is 32.3 Å². The number of aromatic nitrogens is 4. The van der Waals surface area contributed by atoms with Crippen LogP contribution in [0, 0.1) is 0 Å². The molecule has 1 fully saturated rings. The summed E-state index contributed by atoms with van der Waals surface area (Å²) in [5.41, 5.74) is 4.56. The van der Waals surface area contributed by atoms with Crippen molar-refractivity contribution < 1.29 is 32.9 Å². The highest BCUT2D eigenvalue weighted by Crippen LogP contribution is 2.42. The Morgan fingerprint density at radius 1 is 1.46 bits per heavy atom. The average Bonchev–Trinajstić information content (AvgIpc) is 3.32. The molecule has 0 bridgehead atoms. The van der Waals surface area contributed by atoms with Gasteiger partial charge in [-0.3, -0.25) is 9.36 Å². The van der Waals surface area contributed by atoms with E-state index in [9.17, 15) is 14.5 Å². The van der Waals surface area contributed by atoms with Crippen molar-refractivity contribution in [2.75, 3.05) is 30.1 Å². The second-order valence-corrected chi connectivity index (χ2v) is 9.55. The zero-order valence-electron chi connectivity index (χ0n) is 19.6. The Hall–Kier alpha value is -2.22. The summed E-state index contributed by atoms with van der Waals surface area (Å²) < 4.78 is 45.0. The van der Waals surface area contributed by atoms with Crippen molar-refractivity contribution in [2.45, 2.75) is 63.9 Å². The molecule has 1 saturated heterocycles. The van der Waals surface area contributed by atoms with Crippen molar-refractivity contribution in [3.63, 3.8) is 0 Å². The van der Waals surface area contributed by atoms with Gasteiger partial charge in [-0.1, -0.05) is 5.09 Å². The summed E-state index contributed by atoms with van der Waals surface area (Å²) in [6.07, 6.45) is -4.13. The number of alkyl halides is 2. The number of halogens is 2. The third kappa shape index (κ3) is 5.79. The summed E-state index contributed by atoms with van der Waals surface area (Å²) in [5.74, 6) is -0.705. The van der Waals surface area contributed by atoms with Crippen molar-refractivity contribution >= 4 is 48.7 Å².